The van der Waals surface area contributed by atoms with Crippen LogP contribution in [-0.4, -0.2) is 30.4 Å². The molecule has 2 amide bonds. The van der Waals surface area contributed by atoms with Gasteiger partial charge in [-0.2, -0.15) is 0 Å². The van der Waals surface area contributed by atoms with Crippen LogP contribution in [0.15, 0.2) is 84.9 Å². The highest BCUT2D eigenvalue weighted by Gasteiger charge is 2.30. The molecular formula is C28H32N2O3. The van der Waals surface area contributed by atoms with E-state index < -0.39 is 6.04 Å². The molecule has 1 N–H and O–H groups in total. The number of rotatable bonds is 11. The number of carbonyl (C=O) groups is 2. The van der Waals surface area contributed by atoms with Gasteiger partial charge in [0.25, 0.3) is 0 Å². The molecule has 33 heavy (non-hydrogen) atoms. The van der Waals surface area contributed by atoms with Crippen LogP contribution in [0.2, 0.25) is 0 Å². The van der Waals surface area contributed by atoms with Gasteiger partial charge in [0.15, 0.2) is 0 Å². The maximum Gasteiger partial charge on any atom is 0.247 e. The van der Waals surface area contributed by atoms with Gasteiger partial charge in [-0.25, -0.2) is 0 Å². The third-order valence-electron chi connectivity index (χ3n) is 5.53. The van der Waals surface area contributed by atoms with E-state index in [4.69, 9.17) is 4.74 Å². The summed E-state index contributed by atoms with van der Waals surface area (Å²) < 4.78 is 5.20. The molecule has 0 unspecified atom stereocenters. The number of nitrogens with zero attached hydrogens (tertiary/aromatic N) is 1. The number of carbonyl (C=O) groups excluding carboxylic acids is 2. The van der Waals surface area contributed by atoms with Crippen molar-refractivity contribution >= 4 is 11.8 Å². The zero-order valence-corrected chi connectivity index (χ0v) is 19.4. The third-order valence-corrected chi connectivity index (χ3v) is 5.53. The van der Waals surface area contributed by atoms with Crippen LogP contribution in [-0.2, 0) is 22.6 Å². The van der Waals surface area contributed by atoms with Crippen molar-refractivity contribution in [3.63, 3.8) is 0 Å². The molecule has 0 aliphatic carbocycles. The summed E-state index contributed by atoms with van der Waals surface area (Å²) in [7, 11) is 1.64. The molecule has 172 valence electrons. The Balaban J connectivity index is 1.80. The van der Waals surface area contributed by atoms with Gasteiger partial charge in [0.2, 0.25) is 11.8 Å². The van der Waals surface area contributed by atoms with E-state index in [0.717, 1.165) is 28.9 Å². The number of ether oxygens (including phenoxy) is 1. The summed E-state index contributed by atoms with van der Waals surface area (Å²) >= 11 is 0. The average molecular weight is 445 g/mol. The van der Waals surface area contributed by atoms with Crippen LogP contribution in [0.5, 0.6) is 5.75 Å². The highest BCUT2D eigenvalue weighted by atomic mass is 16.5. The average Bonchev–Trinajstić information content (AvgIpc) is 2.85. The molecule has 0 aliphatic rings. The fourth-order valence-electron chi connectivity index (χ4n) is 3.79. The molecule has 0 saturated carbocycles. The Bertz CT molecular complexity index is 1000. The largest absolute Gasteiger partial charge is 0.497 e. The lowest BCUT2D eigenvalue weighted by atomic mass is 10.0. The molecule has 1 atom stereocenters. The summed E-state index contributed by atoms with van der Waals surface area (Å²) in [5.74, 6) is 0.605. The van der Waals surface area contributed by atoms with Crippen LogP contribution in [0.4, 0.5) is 0 Å². The molecule has 3 aromatic carbocycles. The van der Waals surface area contributed by atoms with E-state index in [1.807, 2.05) is 91.9 Å². The molecule has 0 aliphatic heterocycles. The minimum atomic E-state index is -0.693. The number of benzene rings is 3. The van der Waals surface area contributed by atoms with Crippen LogP contribution in [0, 0.1) is 0 Å². The molecule has 0 saturated heterocycles. The Labute approximate surface area is 196 Å². The third kappa shape index (κ3) is 6.94. The van der Waals surface area contributed by atoms with Gasteiger partial charge in [-0.3, -0.25) is 9.59 Å². The first-order valence-electron chi connectivity index (χ1n) is 11.4. The first-order valence-corrected chi connectivity index (χ1v) is 11.4. The molecule has 5 heteroatoms. The van der Waals surface area contributed by atoms with Gasteiger partial charge in [0, 0.05) is 19.5 Å². The van der Waals surface area contributed by atoms with Crippen molar-refractivity contribution in [3.05, 3.63) is 102 Å². The number of amides is 2. The van der Waals surface area contributed by atoms with Crippen LogP contribution in [0.25, 0.3) is 0 Å². The van der Waals surface area contributed by atoms with Gasteiger partial charge in [-0.05, 0) is 41.7 Å². The second-order valence-electron chi connectivity index (χ2n) is 7.96. The molecule has 0 aromatic heterocycles. The maximum atomic E-state index is 13.4. The van der Waals surface area contributed by atoms with E-state index >= 15 is 0 Å². The molecule has 0 heterocycles. The van der Waals surface area contributed by atoms with Crippen molar-refractivity contribution in [2.24, 2.45) is 0 Å². The summed E-state index contributed by atoms with van der Waals surface area (Å²) in [5.41, 5.74) is 2.91. The SMILES string of the molecule is CCCC(=O)N(Cc1ccccc1)[C@@H](C(=O)NCCc1ccc(OC)cc1)c1ccccc1. The van der Waals surface area contributed by atoms with Crippen LogP contribution >= 0.6 is 0 Å². The Morgan fingerprint density at radius 1 is 0.879 bits per heavy atom. The Hall–Kier alpha value is -3.60. The molecule has 0 radical (unpaired) electrons. The number of nitrogens with one attached hydrogen (secondary N) is 1. The van der Waals surface area contributed by atoms with E-state index in [2.05, 4.69) is 5.32 Å². The first-order chi connectivity index (χ1) is 16.1. The predicted octanol–water partition coefficient (Wildman–Crippen LogP) is 4.92. The second kappa shape index (κ2) is 12.4. The summed E-state index contributed by atoms with van der Waals surface area (Å²) in [6.45, 7) is 2.84. The molecule has 3 aromatic rings. The Morgan fingerprint density at radius 2 is 1.52 bits per heavy atom. The van der Waals surface area contributed by atoms with Gasteiger partial charge in [-0.15, -0.1) is 0 Å². The van der Waals surface area contributed by atoms with E-state index in [1.165, 1.54) is 0 Å². The molecule has 0 fully saturated rings. The lowest BCUT2D eigenvalue weighted by Crippen LogP contribution is -2.43. The summed E-state index contributed by atoms with van der Waals surface area (Å²) in [4.78, 5) is 28.3. The smallest absolute Gasteiger partial charge is 0.247 e. The van der Waals surface area contributed by atoms with Crippen molar-refractivity contribution in [2.75, 3.05) is 13.7 Å². The van der Waals surface area contributed by atoms with E-state index in [0.29, 0.717) is 25.9 Å². The first kappa shape index (κ1) is 24.1. The molecule has 5 nitrogen and oxygen atoms in total. The maximum absolute atomic E-state index is 13.4. The number of hydrogen-bond donors (Lipinski definition) is 1. The second-order valence-corrected chi connectivity index (χ2v) is 7.96. The van der Waals surface area contributed by atoms with Crippen LogP contribution in [0.1, 0.15) is 42.5 Å². The fraction of sp³-hybridized carbons (Fsp3) is 0.286. The summed E-state index contributed by atoms with van der Waals surface area (Å²) in [6, 6.07) is 26.5. The standard InChI is InChI=1S/C28H32N2O3/c1-3-10-26(31)30(21-23-11-6-4-7-12-23)27(24-13-8-5-9-14-24)28(32)29-20-19-22-15-17-25(33-2)18-16-22/h4-9,11-18,27H,3,10,19-21H2,1-2H3,(H,29,32)/t27-/m1/s1. The molecule has 0 spiro atoms. The summed E-state index contributed by atoms with van der Waals surface area (Å²) in [5, 5.41) is 3.06. The lowest BCUT2D eigenvalue weighted by Gasteiger charge is -2.31. The van der Waals surface area contributed by atoms with E-state index in [-0.39, 0.29) is 11.8 Å². The fourth-order valence-corrected chi connectivity index (χ4v) is 3.79. The Morgan fingerprint density at radius 3 is 2.12 bits per heavy atom. The zero-order chi connectivity index (χ0) is 23.5. The van der Waals surface area contributed by atoms with Gasteiger partial charge in [0.1, 0.15) is 11.8 Å². The van der Waals surface area contributed by atoms with Gasteiger partial charge >= 0.3 is 0 Å². The van der Waals surface area contributed by atoms with Gasteiger partial charge < -0.3 is 15.0 Å². The topological polar surface area (TPSA) is 58.6 Å². The van der Waals surface area contributed by atoms with E-state index in [1.54, 1.807) is 12.0 Å². The van der Waals surface area contributed by atoms with E-state index in [9.17, 15) is 9.59 Å². The molecule has 0 bridgehead atoms. The zero-order valence-electron chi connectivity index (χ0n) is 19.4. The van der Waals surface area contributed by atoms with Crippen molar-refractivity contribution < 1.29 is 14.3 Å². The monoisotopic (exact) mass is 444 g/mol. The molecule has 3 rings (SSSR count). The Kier molecular flexibility index (Phi) is 9.07. The number of methoxy groups -OCH3 is 1. The van der Waals surface area contributed by atoms with Gasteiger partial charge in [0.05, 0.1) is 7.11 Å². The van der Waals surface area contributed by atoms with Crippen molar-refractivity contribution in [1.82, 2.24) is 10.2 Å². The lowest BCUT2D eigenvalue weighted by molar-refractivity contribution is -0.141. The summed E-state index contributed by atoms with van der Waals surface area (Å²) in [6.07, 6.45) is 1.82. The van der Waals surface area contributed by atoms with Crippen molar-refractivity contribution in [1.29, 1.82) is 0 Å². The highest BCUT2D eigenvalue weighted by Crippen LogP contribution is 2.25. The minimum Gasteiger partial charge on any atom is -0.497 e. The van der Waals surface area contributed by atoms with Crippen molar-refractivity contribution in [3.8, 4) is 5.75 Å². The number of hydrogen-bond acceptors (Lipinski definition) is 3. The van der Waals surface area contributed by atoms with Crippen LogP contribution in [0.3, 0.4) is 0 Å². The normalized spacial score (nSPS) is 11.5. The quantitative estimate of drug-likeness (QED) is 0.456. The predicted molar refractivity (Wildman–Crippen MR) is 131 cm³/mol. The van der Waals surface area contributed by atoms with Gasteiger partial charge in [-0.1, -0.05) is 79.7 Å². The van der Waals surface area contributed by atoms with Crippen LogP contribution < -0.4 is 10.1 Å². The molecular weight excluding hydrogens is 412 g/mol. The minimum absolute atomic E-state index is 0.0273. The van der Waals surface area contributed by atoms with Crippen molar-refractivity contribution in [2.45, 2.75) is 38.8 Å². The highest BCUT2D eigenvalue weighted by molar-refractivity contribution is 5.88.